The van der Waals surface area contributed by atoms with Crippen LogP contribution in [0.5, 0.6) is 0 Å². The van der Waals surface area contributed by atoms with E-state index in [1.165, 1.54) is 109 Å². The Morgan fingerprint density at radius 3 is 1.35 bits per heavy atom. The van der Waals surface area contributed by atoms with Gasteiger partial charge in [-0.2, -0.15) is 0 Å². The maximum atomic E-state index is 2.52. The molecule has 0 nitrogen and oxygen atoms in total. The third-order valence-electron chi connectivity index (χ3n) is 11.3. The van der Waals surface area contributed by atoms with Crippen molar-refractivity contribution in [2.75, 3.05) is 0 Å². The van der Waals surface area contributed by atoms with Crippen molar-refractivity contribution in [2.45, 2.75) is 13.8 Å². The Kier molecular flexibility index (Phi) is 7.70. The summed E-state index contributed by atoms with van der Waals surface area (Å²) in [5.74, 6) is 0. The van der Waals surface area contributed by atoms with Gasteiger partial charge in [-0.3, -0.25) is 0 Å². The molecule has 0 heteroatoms. The quantitative estimate of drug-likeness (QED) is 0.0960. The predicted molar refractivity (Wildman–Crippen MR) is 236 cm³/mol. The van der Waals surface area contributed by atoms with E-state index in [2.05, 4.69) is 208 Å². The molecule has 10 rings (SSSR count). The zero-order valence-electron chi connectivity index (χ0n) is 30.5. The fourth-order valence-corrected chi connectivity index (χ4v) is 9.03. The number of hydrogen-bond donors (Lipinski definition) is 0. The summed E-state index contributed by atoms with van der Waals surface area (Å²) in [5.41, 5.74) is 9.98. The molecular weight excluding hydrogens is 649 g/mol. The molecule has 10 aromatic carbocycles. The minimum absolute atomic E-state index is 1.22. The van der Waals surface area contributed by atoms with E-state index >= 15 is 0 Å². The average molecular weight is 687 g/mol. The maximum absolute atomic E-state index is 2.52. The van der Waals surface area contributed by atoms with Crippen LogP contribution >= 0.6 is 0 Å². The molecule has 0 aromatic heterocycles. The molecule has 0 fully saturated rings. The molecule has 54 heavy (non-hydrogen) atoms. The van der Waals surface area contributed by atoms with E-state index < -0.39 is 0 Å². The van der Waals surface area contributed by atoms with E-state index in [0.29, 0.717) is 0 Å². The van der Waals surface area contributed by atoms with Gasteiger partial charge in [0.15, 0.2) is 0 Å². The summed E-state index contributed by atoms with van der Waals surface area (Å²) in [4.78, 5) is 0. The van der Waals surface area contributed by atoms with Gasteiger partial charge in [0.2, 0.25) is 0 Å². The zero-order valence-corrected chi connectivity index (χ0v) is 30.5. The predicted octanol–water partition coefficient (Wildman–Crippen LogP) is 15.6. The number of allylic oxidation sites excluding steroid dienone is 4. The van der Waals surface area contributed by atoms with E-state index in [4.69, 9.17) is 0 Å². The molecule has 0 saturated heterocycles. The van der Waals surface area contributed by atoms with Crippen molar-refractivity contribution in [1.82, 2.24) is 0 Å². The Labute approximate surface area is 316 Å². The van der Waals surface area contributed by atoms with Gasteiger partial charge in [0.1, 0.15) is 0 Å². The third kappa shape index (κ3) is 4.91. The zero-order chi connectivity index (χ0) is 36.2. The minimum atomic E-state index is 1.22. The van der Waals surface area contributed by atoms with E-state index in [-0.39, 0.29) is 0 Å². The molecule has 0 N–H and O–H groups in total. The summed E-state index contributed by atoms with van der Waals surface area (Å²) < 4.78 is 0. The van der Waals surface area contributed by atoms with Gasteiger partial charge in [-0.25, -0.2) is 0 Å². The van der Waals surface area contributed by atoms with E-state index in [1.54, 1.807) is 0 Å². The topological polar surface area (TPSA) is 0 Å². The normalized spacial score (nSPS) is 12.3. The number of hydrogen-bond acceptors (Lipinski definition) is 0. The Hall–Kier alpha value is -6.76. The molecule has 254 valence electrons. The lowest BCUT2D eigenvalue weighted by atomic mass is 9.82. The van der Waals surface area contributed by atoms with Gasteiger partial charge in [0.25, 0.3) is 0 Å². The van der Waals surface area contributed by atoms with Gasteiger partial charge >= 0.3 is 0 Å². The Balaban J connectivity index is 1.46. The van der Waals surface area contributed by atoms with Crippen LogP contribution in [0.4, 0.5) is 0 Å². The summed E-state index contributed by atoms with van der Waals surface area (Å²) in [7, 11) is 0. The second kappa shape index (κ2) is 13.0. The number of rotatable bonds is 5. The molecule has 10 aromatic rings. The van der Waals surface area contributed by atoms with Crippen LogP contribution in [0.25, 0.3) is 104 Å². The maximum Gasteiger partial charge on any atom is -0.00199 e. The second-order valence-corrected chi connectivity index (χ2v) is 14.2. The first-order valence-electron chi connectivity index (χ1n) is 18.9. The largest absolute Gasteiger partial charge is 0.0871 e. The van der Waals surface area contributed by atoms with Crippen molar-refractivity contribution in [3.05, 3.63) is 200 Å². The molecule has 0 atom stereocenters. The number of benzene rings is 10. The van der Waals surface area contributed by atoms with Crippen molar-refractivity contribution >= 4 is 70.2 Å². The Morgan fingerprint density at radius 2 is 0.796 bits per heavy atom. The van der Waals surface area contributed by atoms with Crippen molar-refractivity contribution in [1.29, 1.82) is 0 Å². The molecule has 0 amide bonds. The van der Waals surface area contributed by atoms with Gasteiger partial charge in [0, 0.05) is 0 Å². The molecule has 0 aliphatic carbocycles. The molecule has 0 bridgehead atoms. The SMILES string of the molecule is CC=CC(=CC)c1c(-c2ccccc2)ccc2c1ccc1c3ccccc3c3cc4c(-c5ccccc5)c5ccccc5c(-c5ccccc5)c4cc3c21. The van der Waals surface area contributed by atoms with Crippen molar-refractivity contribution in [3.63, 3.8) is 0 Å². The van der Waals surface area contributed by atoms with E-state index in [1.807, 2.05) is 0 Å². The lowest BCUT2D eigenvalue weighted by Crippen LogP contribution is -1.94. The fourth-order valence-electron chi connectivity index (χ4n) is 9.03. The molecule has 0 radical (unpaired) electrons. The van der Waals surface area contributed by atoms with Crippen LogP contribution in [-0.2, 0) is 0 Å². The van der Waals surface area contributed by atoms with Crippen LogP contribution in [0.2, 0.25) is 0 Å². The lowest BCUT2D eigenvalue weighted by molar-refractivity contribution is 1.59. The van der Waals surface area contributed by atoms with Crippen molar-refractivity contribution < 1.29 is 0 Å². The van der Waals surface area contributed by atoms with Gasteiger partial charge in [-0.15, -0.1) is 0 Å². The molecule has 0 aliphatic rings. The van der Waals surface area contributed by atoms with Crippen LogP contribution in [0, 0.1) is 0 Å². The van der Waals surface area contributed by atoms with Gasteiger partial charge in [0.05, 0.1) is 0 Å². The van der Waals surface area contributed by atoms with Crippen LogP contribution in [0.3, 0.4) is 0 Å². The first-order chi connectivity index (χ1) is 26.7. The van der Waals surface area contributed by atoms with Crippen LogP contribution in [0.1, 0.15) is 19.4 Å². The van der Waals surface area contributed by atoms with Crippen LogP contribution in [0.15, 0.2) is 194 Å². The fraction of sp³-hybridized carbons (Fsp3) is 0.0370. The van der Waals surface area contributed by atoms with Crippen LogP contribution in [-0.4, -0.2) is 0 Å². The molecule has 0 unspecified atom stereocenters. The molecular formula is C54H38. The monoisotopic (exact) mass is 686 g/mol. The standard InChI is InChI=1S/C54H38/c1-3-18-35(4-2)51-39(36-19-8-5-9-20-36)29-30-46-45(51)32-31-44-40-25-14-15-26-41(40)47-33-49-50(34-48(47)54(44)46)53(38-23-12-7-13-24-38)43-28-17-16-27-42(43)52(49)37-21-10-6-11-22-37/h3-34H,1-2H3. The van der Waals surface area contributed by atoms with Crippen molar-refractivity contribution in [2.24, 2.45) is 0 Å². The second-order valence-electron chi connectivity index (χ2n) is 14.2. The van der Waals surface area contributed by atoms with Gasteiger partial charge in [-0.1, -0.05) is 182 Å². The summed E-state index contributed by atoms with van der Waals surface area (Å²) in [6.45, 7) is 4.26. The smallest absolute Gasteiger partial charge is 0.00199 e. The lowest BCUT2D eigenvalue weighted by Gasteiger charge is -2.21. The highest BCUT2D eigenvalue weighted by molar-refractivity contribution is 6.35. The molecule has 0 heterocycles. The first kappa shape index (κ1) is 31.9. The third-order valence-corrected chi connectivity index (χ3v) is 11.3. The highest BCUT2D eigenvalue weighted by Crippen LogP contribution is 2.49. The minimum Gasteiger partial charge on any atom is -0.0871 e. The van der Waals surface area contributed by atoms with E-state index in [0.717, 1.165) is 0 Å². The molecule has 0 spiro atoms. The summed E-state index contributed by atoms with van der Waals surface area (Å²) in [5, 5.41) is 15.3. The van der Waals surface area contributed by atoms with Gasteiger partial charge in [-0.05, 0) is 135 Å². The Morgan fingerprint density at radius 1 is 0.352 bits per heavy atom. The Bertz CT molecular complexity index is 3130. The highest BCUT2D eigenvalue weighted by atomic mass is 14.2. The summed E-state index contributed by atoms with van der Waals surface area (Å²) in [6, 6.07) is 65.2. The van der Waals surface area contributed by atoms with Crippen molar-refractivity contribution in [3.8, 4) is 33.4 Å². The van der Waals surface area contributed by atoms with E-state index in [9.17, 15) is 0 Å². The number of fused-ring (bicyclic) bond motifs is 10. The van der Waals surface area contributed by atoms with Gasteiger partial charge < -0.3 is 0 Å². The van der Waals surface area contributed by atoms with Crippen LogP contribution < -0.4 is 0 Å². The highest BCUT2D eigenvalue weighted by Gasteiger charge is 2.21. The summed E-state index contributed by atoms with van der Waals surface area (Å²) >= 11 is 0. The average Bonchev–Trinajstić information content (AvgIpc) is 3.24. The summed E-state index contributed by atoms with van der Waals surface area (Å²) in [6.07, 6.45) is 6.65. The first-order valence-corrected chi connectivity index (χ1v) is 18.9. The molecule has 0 saturated carbocycles. The molecule has 0 aliphatic heterocycles.